The zero-order valence-corrected chi connectivity index (χ0v) is 17.9. The maximum atomic E-state index is 12.1. The highest BCUT2D eigenvalue weighted by molar-refractivity contribution is 8.77. The molecule has 0 saturated carbocycles. The van der Waals surface area contributed by atoms with Crippen LogP contribution < -0.4 is 16.4 Å². The third kappa shape index (κ3) is 6.77. The number of amides is 2. The summed E-state index contributed by atoms with van der Waals surface area (Å²) in [5.41, 5.74) is 6.76. The van der Waals surface area contributed by atoms with E-state index in [9.17, 15) is 9.59 Å². The van der Waals surface area contributed by atoms with Crippen molar-refractivity contribution in [2.45, 2.75) is 50.3 Å². The molecule has 0 unspecified atom stereocenters. The topological polar surface area (TPSA) is 128 Å². The fraction of sp³-hybridized carbons (Fsp3) is 0.611. The van der Waals surface area contributed by atoms with E-state index in [0.717, 1.165) is 18.1 Å². The summed E-state index contributed by atoms with van der Waals surface area (Å²) in [6.45, 7) is 1.17. The molecule has 1 aliphatic rings. The summed E-state index contributed by atoms with van der Waals surface area (Å²) in [7, 11) is 3.95. The number of fused-ring (bicyclic) bond motifs is 1. The van der Waals surface area contributed by atoms with Gasteiger partial charge in [-0.15, -0.1) is 0 Å². The minimum absolute atomic E-state index is 0.0898. The van der Waals surface area contributed by atoms with Crippen molar-refractivity contribution >= 4 is 50.4 Å². The molecule has 0 bridgehead atoms. The predicted molar refractivity (Wildman–Crippen MR) is 117 cm³/mol. The van der Waals surface area contributed by atoms with Gasteiger partial charge in [-0.3, -0.25) is 9.59 Å². The van der Waals surface area contributed by atoms with Crippen LogP contribution in [0.1, 0.15) is 38.5 Å². The molecule has 0 aromatic carbocycles. The summed E-state index contributed by atoms with van der Waals surface area (Å²) in [5.74, 6) is 1.50. The smallest absolute Gasteiger partial charge is 0.240 e. The van der Waals surface area contributed by atoms with E-state index in [-0.39, 0.29) is 18.4 Å². The lowest BCUT2D eigenvalue weighted by Crippen LogP contribution is -2.31. The molecule has 1 atom stereocenters. The van der Waals surface area contributed by atoms with Gasteiger partial charge in [0.2, 0.25) is 11.8 Å². The Balaban J connectivity index is 1.24. The van der Waals surface area contributed by atoms with E-state index in [1.165, 1.54) is 31.2 Å². The van der Waals surface area contributed by atoms with Gasteiger partial charge in [0.05, 0.1) is 6.33 Å². The summed E-state index contributed by atoms with van der Waals surface area (Å²) in [4.78, 5) is 36.1. The maximum Gasteiger partial charge on any atom is 0.240 e. The summed E-state index contributed by atoms with van der Waals surface area (Å²) in [5, 5.41) is 6.53. The van der Waals surface area contributed by atoms with Gasteiger partial charge in [-0.1, -0.05) is 28.0 Å². The fourth-order valence-corrected chi connectivity index (χ4v) is 6.11. The van der Waals surface area contributed by atoms with E-state index >= 15 is 0 Å². The molecule has 4 N–H and O–H groups in total. The monoisotopic (exact) mass is 437 g/mol. The zero-order chi connectivity index (χ0) is 20.5. The Kier molecular flexibility index (Phi) is 8.41. The molecule has 0 spiro atoms. The van der Waals surface area contributed by atoms with E-state index in [1.807, 2.05) is 21.6 Å². The van der Waals surface area contributed by atoms with Gasteiger partial charge in [-0.05, 0) is 25.7 Å². The number of nitrogens with one attached hydrogen (secondary N) is 2. The van der Waals surface area contributed by atoms with Gasteiger partial charge in [0, 0.05) is 30.5 Å². The lowest BCUT2D eigenvalue weighted by molar-refractivity contribution is -0.121. The third-order valence-electron chi connectivity index (χ3n) is 4.65. The van der Waals surface area contributed by atoms with Crippen molar-refractivity contribution in [1.82, 2.24) is 30.2 Å². The molecule has 1 saturated heterocycles. The number of unbranched alkanes of at least 4 members (excludes halogenated alkanes) is 1. The molecule has 3 rings (SSSR count). The van der Waals surface area contributed by atoms with Crippen LogP contribution in [0.4, 0.5) is 5.82 Å². The van der Waals surface area contributed by atoms with Gasteiger partial charge in [-0.25, -0.2) is 15.0 Å². The molecule has 2 aromatic rings. The van der Waals surface area contributed by atoms with Crippen molar-refractivity contribution in [3.8, 4) is 0 Å². The van der Waals surface area contributed by atoms with Crippen LogP contribution in [0.15, 0.2) is 12.7 Å². The summed E-state index contributed by atoms with van der Waals surface area (Å²) < 4.78 is 1.63. The van der Waals surface area contributed by atoms with Crippen molar-refractivity contribution in [3.63, 3.8) is 0 Å². The zero-order valence-electron chi connectivity index (χ0n) is 16.3. The third-order valence-corrected chi connectivity index (χ3v) is 7.66. The number of carbonyl (C=O) groups is 2. The molecule has 0 aliphatic carbocycles. The highest BCUT2D eigenvalue weighted by Gasteiger charge is 2.15. The molecule has 11 heteroatoms. The fourth-order valence-electron chi connectivity index (χ4n) is 3.08. The van der Waals surface area contributed by atoms with Gasteiger partial charge >= 0.3 is 0 Å². The first-order valence-corrected chi connectivity index (χ1v) is 12.2. The van der Waals surface area contributed by atoms with Gasteiger partial charge < -0.3 is 20.9 Å². The predicted octanol–water partition coefficient (Wildman–Crippen LogP) is 1.75. The number of nitrogens with zero attached hydrogens (tertiary/aromatic N) is 4. The molecule has 3 heterocycles. The Hall–Kier alpha value is -2.01. The molecular formula is C18H27N7O2S2. The van der Waals surface area contributed by atoms with Crippen LogP contribution in [0, 0.1) is 0 Å². The Bertz CT molecular complexity index is 824. The SMILES string of the molecule is Nc1ncnc2c1ncn2CC(=O)NCCCNC(=O)CCCC[C@@H]1CCSS1. The van der Waals surface area contributed by atoms with Crippen molar-refractivity contribution in [2.24, 2.45) is 0 Å². The molecule has 29 heavy (non-hydrogen) atoms. The van der Waals surface area contributed by atoms with E-state index in [2.05, 4.69) is 25.6 Å². The average Bonchev–Trinajstić information content (AvgIpc) is 3.36. The summed E-state index contributed by atoms with van der Waals surface area (Å²) in [6.07, 6.45) is 8.71. The second-order valence-electron chi connectivity index (χ2n) is 6.93. The molecule has 1 aliphatic heterocycles. The number of carbonyl (C=O) groups excluding carboxylic acids is 2. The largest absolute Gasteiger partial charge is 0.382 e. The maximum absolute atomic E-state index is 12.1. The van der Waals surface area contributed by atoms with E-state index in [4.69, 9.17) is 5.73 Å². The van der Waals surface area contributed by atoms with Gasteiger partial charge in [0.1, 0.15) is 18.4 Å². The molecule has 2 amide bonds. The number of rotatable bonds is 11. The van der Waals surface area contributed by atoms with Crippen molar-refractivity contribution in [1.29, 1.82) is 0 Å². The Labute approximate surface area is 177 Å². The first-order chi connectivity index (χ1) is 14.1. The second kappa shape index (κ2) is 11.2. The normalized spacial score (nSPS) is 16.2. The highest BCUT2D eigenvalue weighted by Crippen LogP contribution is 2.39. The quantitative estimate of drug-likeness (QED) is 0.358. The van der Waals surface area contributed by atoms with E-state index in [1.54, 1.807) is 4.57 Å². The first-order valence-electron chi connectivity index (χ1n) is 9.86. The minimum atomic E-state index is -0.143. The van der Waals surface area contributed by atoms with E-state index < -0.39 is 0 Å². The van der Waals surface area contributed by atoms with Crippen molar-refractivity contribution in [2.75, 3.05) is 24.6 Å². The van der Waals surface area contributed by atoms with Crippen LogP contribution in [-0.4, -0.2) is 55.4 Å². The number of aromatic nitrogens is 4. The molecular weight excluding hydrogens is 410 g/mol. The Morgan fingerprint density at radius 2 is 1.97 bits per heavy atom. The second-order valence-corrected chi connectivity index (χ2v) is 9.72. The average molecular weight is 438 g/mol. The Morgan fingerprint density at radius 3 is 2.76 bits per heavy atom. The summed E-state index contributed by atoms with van der Waals surface area (Å²) in [6, 6.07) is 0. The van der Waals surface area contributed by atoms with Crippen LogP contribution >= 0.6 is 21.6 Å². The molecule has 0 radical (unpaired) electrons. The van der Waals surface area contributed by atoms with Crippen LogP contribution in [0.5, 0.6) is 0 Å². The molecule has 158 valence electrons. The number of imidazole rings is 1. The lowest BCUT2D eigenvalue weighted by atomic mass is 10.1. The van der Waals surface area contributed by atoms with Crippen LogP contribution in [0.3, 0.4) is 0 Å². The minimum Gasteiger partial charge on any atom is -0.382 e. The number of hydrogen-bond donors (Lipinski definition) is 3. The van der Waals surface area contributed by atoms with Crippen molar-refractivity contribution < 1.29 is 9.59 Å². The summed E-state index contributed by atoms with van der Waals surface area (Å²) >= 11 is 0. The number of hydrogen-bond acceptors (Lipinski definition) is 8. The first kappa shape index (κ1) is 21.7. The highest BCUT2D eigenvalue weighted by atomic mass is 33.1. The standard InChI is InChI=1S/C18H27N7O2S2/c19-17-16-18(23-11-22-17)25(12-24-16)10-15(27)21-8-3-7-20-14(26)5-2-1-4-13-6-9-28-29-13/h11-13H,1-10H2,(H,20,26)(H,21,27)(H2,19,22,23)/t13-/m1/s1. The van der Waals surface area contributed by atoms with Gasteiger partial charge in [0.25, 0.3) is 0 Å². The molecule has 2 aromatic heterocycles. The van der Waals surface area contributed by atoms with Crippen molar-refractivity contribution in [3.05, 3.63) is 12.7 Å². The van der Waals surface area contributed by atoms with Crippen LogP contribution in [-0.2, 0) is 16.1 Å². The van der Waals surface area contributed by atoms with Crippen LogP contribution in [0.25, 0.3) is 11.2 Å². The Morgan fingerprint density at radius 1 is 1.14 bits per heavy atom. The van der Waals surface area contributed by atoms with Gasteiger partial charge in [-0.2, -0.15) is 0 Å². The van der Waals surface area contributed by atoms with Gasteiger partial charge in [0.15, 0.2) is 11.5 Å². The van der Waals surface area contributed by atoms with E-state index in [0.29, 0.717) is 42.9 Å². The number of nitrogens with two attached hydrogens (primary N) is 1. The number of nitrogen functional groups attached to an aromatic ring is 1. The van der Waals surface area contributed by atoms with Crippen LogP contribution in [0.2, 0.25) is 0 Å². The lowest BCUT2D eigenvalue weighted by Gasteiger charge is -2.08. The molecule has 9 nitrogen and oxygen atoms in total. The molecule has 1 fully saturated rings. The number of anilines is 1.